The second-order valence-electron chi connectivity index (χ2n) is 7.09. The summed E-state index contributed by atoms with van der Waals surface area (Å²) < 4.78 is 0. The fourth-order valence-corrected chi connectivity index (χ4v) is 3.75. The molecule has 5 aromatic rings. The first kappa shape index (κ1) is 19.1. The molecular weight excluding hydrogens is 410 g/mol. The first-order valence-electron chi connectivity index (χ1n) is 9.76. The van der Waals surface area contributed by atoms with Crippen LogP contribution in [0.2, 0.25) is 5.02 Å². The molecule has 0 aliphatic heterocycles. The third-order valence-electron chi connectivity index (χ3n) is 5.00. The maximum absolute atomic E-state index is 10.7. The summed E-state index contributed by atoms with van der Waals surface area (Å²) >= 11 is 6.45. The van der Waals surface area contributed by atoms with E-state index >= 15 is 0 Å². The molecule has 3 N–H and O–H groups in total. The number of aromatic amines is 1. The van der Waals surface area contributed by atoms with E-state index in [1.807, 2.05) is 66.7 Å². The molecule has 2 heterocycles. The minimum absolute atomic E-state index is 0.172. The van der Waals surface area contributed by atoms with Crippen LogP contribution in [0, 0.1) is 0 Å². The molecule has 0 saturated carbocycles. The Morgan fingerprint density at radius 3 is 2.35 bits per heavy atom. The average Bonchev–Trinajstić information content (AvgIpc) is 3.29. The Kier molecular flexibility index (Phi) is 4.98. The Hall–Kier alpha value is -3.90. The van der Waals surface area contributed by atoms with Gasteiger partial charge in [-0.1, -0.05) is 72.3 Å². The van der Waals surface area contributed by atoms with Crippen LogP contribution < -0.4 is 5.32 Å². The van der Waals surface area contributed by atoms with Crippen molar-refractivity contribution in [2.45, 2.75) is 6.54 Å². The summed E-state index contributed by atoms with van der Waals surface area (Å²) in [6.45, 7) is 0.517. The summed E-state index contributed by atoms with van der Waals surface area (Å²) in [5.41, 5.74) is 4.65. The third-order valence-corrected chi connectivity index (χ3v) is 5.30. The number of halogens is 1. The Morgan fingerprint density at radius 1 is 0.871 bits per heavy atom. The van der Waals surface area contributed by atoms with Gasteiger partial charge < -0.3 is 10.4 Å². The second-order valence-corrected chi connectivity index (χ2v) is 7.50. The molecule has 0 fully saturated rings. The highest BCUT2D eigenvalue weighted by Crippen LogP contribution is 2.36. The van der Waals surface area contributed by atoms with Gasteiger partial charge >= 0.3 is 0 Å². The molecule has 0 radical (unpaired) electrons. The number of benzene rings is 3. The average molecular weight is 428 g/mol. The van der Waals surface area contributed by atoms with Gasteiger partial charge in [0.25, 0.3) is 5.88 Å². The summed E-state index contributed by atoms with van der Waals surface area (Å²) in [7, 11) is 0. The molecule has 2 aromatic heterocycles. The fraction of sp³-hybridized carbons (Fsp3) is 0.0417. The van der Waals surface area contributed by atoms with Gasteiger partial charge in [0, 0.05) is 23.1 Å². The van der Waals surface area contributed by atoms with Gasteiger partial charge in [-0.25, -0.2) is 9.97 Å². The molecular formula is C24H18ClN5O. The number of rotatable bonds is 5. The molecule has 0 saturated heterocycles. The first-order chi connectivity index (χ1) is 15.2. The minimum Gasteiger partial charge on any atom is -0.491 e. The van der Waals surface area contributed by atoms with Gasteiger partial charge in [-0.15, -0.1) is 0 Å². The number of H-pyrrole nitrogens is 1. The van der Waals surface area contributed by atoms with Crippen molar-refractivity contribution in [1.29, 1.82) is 0 Å². The van der Waals surface area contributed by atoms with E-state index in [9.17, 15) is 5.11 Å². The van der Waals surface area contributed by atoms with E-state index in [0.29, 0.717) is 28.8 Å². The maximum atomic E-state index is 10.7. The van der Waals surface area contributed by atoms with E-state index in [0.717, 1.165) is 27.6 Å². The molecule has 0 spiro atoms. The van der Waals surface area contributed by atoms with E-state index in [1.54, 1.807) is 12.3 Å². The summed E-state index contributed by atoms with van der Waals surface area (Å²) in [5, 5.41) is 22.2. The molecule has 31 heavy (non-hydrogen) atoms. The molecule has 5 rings (SSSR count). The van der Waals surface area contributed by atoms with Gasteiger partial charge in [-0.3, -0.25) is 5.10 Å². The monoisotopic (exact) mass is 427 g/mol. The van der Waals surface area contributed by atoms with Crippen LogP contribution in [-0.2, 0) is 6.54 Å². The smallest absolute Gasteiger partial charge is 0.255 e. The number of aromatic nitrogens is 4. The number of anilines is 1. The predicted octanol–water partition coefficient (Wildman–Crippen LogP) is 5.66. The highest BCUT2D eigenvalue weighted by atomic mass is 35.5. The number of aromatic hydroxyl groups is 1. The van der Waals surface area contributed by atoms with Crippen LogP contribution >= 0.6 is 11.6 Å². The van der Waals surface area contributed by atoms with Gasteiger partial charge in [-0.2, -0.15) is 5.10 Å². The number of hydrogen-bond donors (Lipinski definition) is 3. The Labute approximate surface area is 183 Å². The number of nitrogens with one attached hydrogen (secondary N) is 2. The van der Waals surface area contributed by atoms with Gasteiger partial charge in [0.1, 0.15) is 5.69 Å². The van der Waals surface area contributed by atoms with Crippen LogP contribution in [0.3, 0.4) is 0 Å². The first-order valence-corrected chi connectivity index (χ1v) is 10.1. The van der Waals surface area contributed by atoms with Gasteiger partial charge in [0.2, 0.25) is 0 Å². The molecule has 7 heteroatoms. The van der Waals surface area contributed by atoms with E-state index in [1.165, 1.54) is 0 Å². The molecule has 0 aliphatic rings. The van der Waals surface area contributed by atoms with Crippen molar-refractivity contribution >= 4 is 28.3 Å². The zero-order valence-corrected chi connectivity index (χ0v) is 17.1. The van der Waals surface area contributed by atoms with E-state index < -0.39 is 0 Å². The van der Waals surface area contributed by atoms with Crippen molar-refractivity contribution in [3.05, 3.63) is 89.6 Å². The van der Waals surface area contributed by atoms with Crippen molar-refractivity contribution in [3.8, 4) is 28.4 Å². The van der Waals surface area contributed by atoms with Crippen LogP contribution in [0.25, 0.3) is 33.4 Å². The van der Waals surface area contributed by atoms with Crippen LogP contribution in [0.15, 0.2) is 79.0 Å². The summed E-state index contributed by atoms with van der Waals surface area (Å²) in [6.07, 6.45) is 1.70. The summed E-state index contributed by atoms with van der Waals surface area (Å²) in [5.74, 6) is 0.149. The second kappa shape index (κ2) is 8.08. The van der Waals surface area contributed by atoms with Crippen LogP contribution in [0.1, 0.15) is 5.56 Å². The van der Waals surface area contributed by atoms with Gasteiger partial charge in [0.15, 0.2) is 5.82 Å². The predicted molar refractivity (Wildman–Crippen MR) is 123 cm³/mol. The molecule has 3 aromatic carbocycles. The van der Waals surface area contributed by atoms with E-state index in [4.69, 9.17) is 16.6 Å². The zero-order valence-electron chi connectivity index (χ0n) is 16.4. The molecule has 0 amide bonds. The van der Waals surface area contributed by atoms with Crippen LogP contribution in [0.4, 0.5) is 5.82 Å². The van der Waals surface area contributed by atoms with Crippen molar-refractivity contribution in [2.75, 3.05) is 5.32 Å². The van der Waals surface area contributed by atoms with Gasteiger partial charge in [0.05, 0.1) is 22.4 Å². The van der Waals surface area contributed by atoms with E-state index in [-0.39, 0.29) is 5.88 Å². The highest BCUT2D eigenvalue weighted by molar-refractivity contribution is 6.35. The molecule has 0 bridgehead atoms. The lowest BCUT2D eigenvalue weighted by Crippen LogP contribution is -2.05. The molecule has 0 aliphatic carbocycles. The largest absolute Gasteiger partial charge is 0.491 e. The lowest BCUT2D eigenvalue weighted by atomic mass is 10.0. The summed E-state index contributed by atoms with van der Waals surface area (Å²) in [4.78, 5) is 9.25. The highest BCUT2D eigenvalue weighted by Gasteiger charge is 2.18. The Morgan fingerprint density at radius 2 is 1.58 bits per heavy atom. The fourth-order valence-electron chi connectivity index (χ4n) is 3.48. The third kappa shape index (κ3) is 3.81. The Bertz CT molecular complexity index is 1350. The lowest BCUT2D eigenvalue weighted by molar-refractivity contribution is 0.454. The zero-order chi connectivity index (χ0) is 21.2. The number of fused-ring (bicyclic) bond motifs is 1. The molecule has 0 unspecified atom stereocenters. The summed E-state index contributed by atoms with van der Waals surface area (Å²) in [6, 6.07) is 23.4. The maximum Gasteiger partial charge on any atom is 0.255 e. The van der Waals surface area contributed by atoms with Crippen molar-refractivity contribution in [3.63, 3.8) is 0 Å². The lowest BCUT2D eigenvalue weighted by Gasteiger charge is -2.14. The van der Waals surface area contributed by atoms with Crippen molar-refractivity contribution in [1.82, 2.24) is 20.2 Å². The molecule has 0 atom stereocenters. The topological polar surface area (TPSA) is 86.7 Å². The van der Waals surface area contributed by atoms with Crippen molar-refractivity contribution in [2.24, 2.45) is 0 Å². The van der Waals surface area contributed by atoms with Crippen LogP contribution in [-0.4, -0.2) is 25.3 Å². The molecule has 6 nitrogen and oxygen atoms in total. The number of hydrogen-bond acceptors (Lipinski definition) is 5. The van der Waals surface area contributed by atoms with Crippen LogP contribution in [0.5, 0.6) is 5.88 Å². The minimum atomic E-state index is -0.172. The Balaban J connectivity index is 1.62. The standard InChI is InChI=1S/C24H18ClN5O/c25-19-12-17(11-18-14-27-30-20(18)19)22-21(16-9-5-2-6-10-16)28-23(24(31)29-22)26-13-15-7-3-1-4-8-15/h1-12,14H,13H2,(H,26,28)(H,27,30)(H,29,31). The SMILES string of the molecule is Oc1nc(-c2cc(Cl)c3[nH]ncc3c2)c(-c2ccccc2)nc1NCc1ccccc1. The van der Waals surface area contributed by atoms with Crippen molar-refractivity contribution < 1.29 is 5.11 Å². The quantitative estimate of drug-likeness (QED) is 0.337. The van der Waals surface area contributed by atoms with Gasteiger partial charge in [-0.05, 0) is 17.7 Å². The normalized spacial score (nSPS) is 11.0. The number of nitrogens with zero attached hydrogens (tertiary/aromatic N) is 3. The molecule has 152 valence electrons. The van der Waals surface area contributed by atoms with E-state index in [2.05, 4.69) is 20.5 Å².